The van der Waals surface area contributed by atoms with E-state index in [9.17, 15) is 18.5 Å². The van der Waals surface area contributed by atoms with Crippen molar-refractivity contribution in [3.63, 3.8) is 0 Å². The van der Waals surface area contributed by atoms with Gasteiger partial charge < -0.3 is 0 Å². The second-order valence-corrected chi connectivity index (χ2v) is 6.67. The third-order valence-corrected chi connectivity index (χ3v) is 4.91. The lowest BCUT2D eigenvalue weighted by Crippen LogP contribution is -2.00. The minimum atomic E-state index is -3.81. The molecule has 21 heavy (non-hydrogen) atoms. The largest absolute Gasteiger partial charge is 0.270 e. The van der Waals surface area contributed by atoms with Crippen LogP contribution >= 0.6 is 11.6 Å². The Morgan fingerprint density at radius 3 is 2.38 bits per heavy atom. The van der Waals surface area contributed by atoms with Crippen molar-refractivity contribution >= 4 is 33.2 Å². The number of halogens is 1. The fourth-order valence-electron chi connectivity index (χ4n) is 1.65. The van der Waals surface area contributed by atoms with E-state index in [1.807, 2.05) is 0 Å². The Kier molecular flexibility index (Phi) is 4.40. The highest BCUT2D eigenvalue weighted by Gasteiger charge is 2.18. The minimum Gasteiger partial charge on any atom is -0.258 e. The molecule has 0 spiro atoms. The summed E-state index contributed by atoms with van der Waals surface area (Å²) in [6.07, 6.45) is 1.19. The van der Waals surface area contributed by atoms with E-state index in [2.05, 4.69) is 0 Å². The maximum Gasteiger partial charge on any atom is 0.270 e. The molecule has 7 heteroatoms. The van der Waals surface area contributed by atoms with Crippen LogP contribution in [0, 0.1) is 10.1 Å². The number of hydrogen-bond donors (Lipinski definition) is 0. The molecule has 0 aliphatic rings. The highest BCUT2D eigenvalue weighted by molar-refractivity contribution is 7.97. The Labute approximate surface area is 126 Å². The molecule has 108 valence electrons. The molecule has 0 bridgehead atoms. The van der Waals surface area contributed by atoms with Crippen molar-refractivity contribution in [3.05, 3.63) is 74.6 Å². The van der Waals surface area contributed by atoms with Crippen molar-refractivity contribution in [1.82, 2.24) is 0 Å². The van der Waals surface area contributed by atoms with E-state index in [-0.39, 0.29) is 10.6 Å². The smallest absolute Gasteiger partial charge is 0.258 e. The molecule has 2 aromatic carbocycles. The third-order valence-electron chi connectivity index (χ3n) is 2.67. The van der Waals surface area contributed by atoms with Crippen LogP contribution in [0.4, 0.5) is 5.69 Å². The van der Waals surface area contributed by atoms with Crippen molar-refractivity contribution in [2.24, 2.45) is 0 Å². The van der Waals surface area contributed by atoms with Crippen molar-refractivity contribution in [1.29, 1.82) is 0 Å². The van der Waals surface area contributed by atoms with Crippen molar-refractivity contribution in [2.45, 2.75) is 4.90 Å². The van der Waals surface area contributed by atoms with Gasteiger partial charge in [-0.3, -0.25) is 10.1 Å². The topological polar surface area (TPSA) is 77.3 Å². The van der Waals surface area contributed by atoms with E-state index in [1.165, 1.54) is 42.5 Å². The van der Waals surface area contributed by atoms with Crippen molar-refractivity contribution < 1.29 is 13.3 Å². The van der Waals surface area contributed by atoms with Gasteiger partial charge in [-0.25, -0.2) is 8.42 Å². The predicted molar refractivity (Wildman–Crippen MR) is 80.6 cm³/mol. The molecule has 0 fully saturated rings. The van der Waals surface area contributed by atoms with Crippen LogP contribution in [-0.2, 0) is 9.84 Å². The molecule has 5 nitrogen and oxygen atoms in total. The van der Waals surface area contributed by atoms with Crippen molar-refractivity contribution in [3.8, 4) is 0 Å². The maximum absolute atomic E-state index is 12.2. The molecular weight excluding hydrogens is 314 g/mol. The number of hydrogen-bond acceptors (Lipinski definition) is 4. The lowest BCUT2D eigenvalue weighted by atomic mass is 10.2. The molecule has 0 aromatic heterocycles. The van der Waals surface area contributed by atoms with Gasteiger partial charge in [-0.15, -0.1) is 0 Å². The summed E-state index contributed by atoms with van der Waals surface area (Å²) in [6, 6.07) is 13.3. The molecule has 0 aliphatic heterocycles. The lowest BCUT2D eigenvalue weighted by Gasteiger charge is -2.03. The zero-order valence-corrected chi connectivity index (χ0v) is 12.2. The highest BCUT2D eigenvalue weighted by Crippen LogP contribution is 2.25. The summed E-state index contributed by atoms with van der Waals surface area (Å²) in [6.45, 7) is 0. The zero-order chi connectivity index (χ0) is 15.5. The van der Waals surface area contributed by atoms with E-state index >= 15 is 0 Å². The monoisotopic (exact) mass is 323 g/mol. The first-order valence-electron chi connectivity index (χ1n) is 5.83. The first kappa shape index (κ1) is 15.2. The molecule has 2 aromatic rings. The summed E-state index contributed by atoms with van der Waals surface area (Å²) in [5, 5.41) is 10.7. The Morgan fingerprint density at radius 1 is 1.10 bits per heavy atom. The fraction of sp³-hybridized carbons (Fsp3) is 0. The molecule has 2 rings (SSSR count). The quantitative estimate of drug-likeness (QED) is 0.636. The summed E-state index contributed by atoms with van der Waals surface area (Å²) < 4.78 is 24.0. The van der Waals surface area contributed by atoms with Crippen LogP contribution in [0.25, 0.3) is 6.08 Å². The maximum atomic E-state index is 12.2. The average molecular weight is 324 g/mol. The van der Waals surface area contributed by atoms with Gasteiger partial charge in [0, 0.05) is 12.1 Å². The second-order valence-electron chi connectivity index (χ2n) is 4.12. The molecule has 0 amide bonds. The predicted octanol–water partition coefficient (Wildman–Crippen LogP) is 3.61. The van der Waals surface area contributed by atoms with Crippen LogP contribution in [0.1, 0.15) is 5.56 Å². The van der Waals surface area contributed by atoms with Crippen molar-refractivity contribution in [2.75, 3.05) is 0 Å². The molecule has 0 unspecified atom stereocenters. The normalized spacial score (nSPS) is 12.1. The summed E-state index contributed by atoms with van der Waals surface area (Å²) in [5.41, 5.74) is 0.207. The van der Waals surface area contributed by atoms with Gasteiger partial charge in [-0.2, -0.15) is 0 Å². The number of non-ortho nitro benzene ring substituents is 1. The van der Waals surface area contributed by atoms with Crippen LogP contribution in [-0.4, -0.2) is 13.3 Å². The number of nitro benzene ring substituents is 1. The fourth-order valence-corrected chi connectivity index (χ4v) is 3.07. The molecule has 0 heterocycles. The lowest BCUT2D eigenvalue weighted by molar-refractivity contribution is -0.384. The minimum absolute atomic E-state index is 0.0664. The zero-order valence-electron chi connectivity index (χ0n) is 10.6. The summed E-state index contributed by atoms with van der Waals surface area (Å²) in [7, 11) is -3.81. The number of nitrogens with zero attached hydrogens (tertiary/aromatic N) is 1. The van der Waals surface area contributed by atoms with Crippen LogP contribution in [0.3, 0.4) is 0 Å². The molecule has 0 atom stereocenters. The highest BCUT2D eigenvalue weighted by atomic mass is 35.5. The van der Waals surface area contributed by atoms with Gasteiger partial charge >= 0.3 is 0 Å². The summed E-state index contributed by atoms with van der Waals surface area (Å²) >= 11 is 5.88. The Hall–Kier alpha value is -2.18. The van der Waals surface area contributed by atoms with E-state index in [4.69, 9.17) is 11.6 Å². The molecular formula is C14H10ClNO4S. The van der Waals surface area contributed by atoms with Gasteiger partial charge in [0.15, 0.2) is 0 Å². The number of nitro groups is 1. The second kappa shape index (κ2) is 6.07. The Morgan fingerprint density at radius 2 is 1.76 bits per heavy atom. The van der Waals surface area contributed by atoms with E-state index in [1.54, 1.807) is 18.2 Å². The van der Waals surface area contributed by atoms with Crippen LogP contribution in [0.2, 0.25) is 0 Å². The Balaban J connectivity index is 2.42. The van der Waals surface area contributed by atoms with Crippen LogP contribution in [0.5, 0.6) is 0 Å². The summed E-state index contributed by atoms with van der Waals surface area (Å²) in [5.74, 6) is 0. The molecule has 0 N–H and O–H groups in total. The standard InChI is InChI=1S/C14H10ClNO4S/c15-14(21(19,20)13-7-2-1-3-8-13)10-11-5-4-6-12(9-11)16(17)18/h1-10H/b14-10+. The number of sulfone groups is 1. The number of benzene rings is 2. The number of rotatable bonds is 4. The average Bonchev–Trinajstić information content (AvgIpc) is 2.48. The molecule has 0 radical (unpaired) electrons. The molecule has 0 aliphatic carbocycles. The first-order valence-corrected chi connectivity index (χ1v) is 7.69. The van der Waals surface area contributed by atoms with Gasteiger partial charge in [0.2, 0.25) is 9.84 Å². The van der Waals surface area contributed by atoms with Gasteiger partial charge in [0.25, 0.3) is 5.69 Å². The van der Waals surface area contributed by atoms with Gasteiger partial charge in [0.05, 0.1) is 9.82 Å². The van der Waals surface area contributed by atoms with E-state index < -0.39 is 19.1 Å². The van der Waals surface area contributed by atoms with Crippen LogP contribution < -0.4 is 0 Å². The van der Waals surface area contributed by atoms with E-state index in [0.29, 0.717) is 5.56 Å². The van der Waals surface area contributed by atoms with Crippen LogP contribution in [0.15, 0.2) is 63.9 Å². The Bertz CT molecular complexity index is 801. The van der Waals surface area contributed by atoms with E-state index in [0.717, 1.165) is 0 Å². The van der Waals surface area contributed by atoms with Gasteiger partial charge in [-0.05, 0) is 23.8 Å². The summed E-state index contributed by atoms with van der Waals surface area (Å²) in [4.78, 5) is 10.2. The van der Waals surface area contributed by atoms with Gasteiger partial charge in [-0.1, -0.05) is 41.9 Å². The molecule has 0 saturated heterocycles. The SMILES string of the molecule is O=[N+]([O-])c1cccc(/C=C(\Cl)S(=O)(=O)c2ccccc2)c1. The third kappa shape index (κ3) is 3.48. The molecule has 0 saturated carbocycles. The van der Waals surface area contributed by atoms with Gasteiger partial charge in [0.1, 0.15) is 4.36 Å². The first-order chi connectivity index (χ1) is 9.91.